The van der Waals surface area contributed by atoms with E-state index >= 15 is 0 Å². The molecule has 2 aromatic carbocycles. The van der Waals surface area contributed by atoms with Crippen molar-refractivity contribution in [3.05, 3.63) is 54.1 Å². The van der Waals surface area contributed by atoms with Gasteiger partial charge in [-0.3, -0.25) is 4.90 Å². The summed E-state index contributed by atoms with van der Waals surface area (Å²) in [5, 5.41) is 0. The zero-order valence-electron chi connectivity index (χ0n) is 15.7. The molecule has 1 saturated heterocycles. The van der Waals surface area contributed by atoms with Crippen molar-refractivity contribution in [1.29, 1.82) is 0 Å². The van der Waals surface area contributed by atoms with Crippen LogP contribution in [0.3, 0.4) is 0 Å². The molecule has 1 heterocycles. The van der Waals surface area contributed by atoms with Crippen molar-refractivity contribution in [3.8, 4) is 11.5 Å². The molecule has 0 bridgehead atoms. The van der Waals surface area contributed by atoms with E-state index in [0.717, 1.165) is 31.5 Å². The van der Waals surface area contributed by atoms with Crippen molar-refractivity contribution >= 4 is 10.0 Å². The lowest BCUT2D eigenvalue weighted by Crippen LogP contribution is -2.36. The highest BCUT2D eigenvalue weighted by atomic mass is 32.2. The summed E-state index contributed by atoms with van der Waals surface area (Å²) in [6, 6.07) is 14.2. The monoisotopic (exact) mass is 390 g/mol. The number of benzene rings is 2. The van der Waals surface area contributed by atoms with Crippen molar-refractivity contribution in [2.24, 2.45) is 0 Å². The number of sulfonamides is 1. The van der Waals surface area contributed by atoms with Gasteiger partial charge in [0.25, 0.3) is 0 Å². The average molecular weight is 391 g/mol. The Balaban J connectivity index is 1.84. The molecule has 1 N–H and O–H groups in total. The lowest BCUT2D eigenvalue weighted by atomic mass is 10.0. The van der Waals surface area contributed by atoms with E-state index in [9.17, 15) is 8.42 Å². The summed E-state index contributed by atoms with van der Waals surface area (Å²) in [7, 11) is -0.352. The fourth-order valence-corrected chi connectivity index (χ4v) is 4.50. The van der Waals surface area contributed by atoms with Crippen molar-refractivity contribution in [2.45, 2.75) is 23.8 Å². The number of hydrogen-bond acceptors (Lipinski definition) is 5. The smallest absolute Gasteiger partial charge is 0.240 e. The molecule has 7 heteroatoms. The van der Waals surface area contributed by atoms with Gasteiger partial charge in [-0.05, 0) is 55.8 Å². The molecule has 0 aliphatic carbocycles. The fourth-order valence-electron chi connectivity index (χ4n) is 3.44. The van der Waals surface area contributed by atoms with Gasteiger partial charge in [0.15, 0.2) is 11.5 Å². The SMILES string of the molecule is COc1ccc(C(CNS(=O)(=O)c2ccccc2)N2CCCC2)cc1OC. The summed E-state index contributed by atoms with van der Waals surface area (Å²) in [5.74, 6) is 1.30. The molecule has 6 nitrogen and oxygen atoms in total. The number of methoxy groups -OCH3 is 2. The molecule has 1 fully saturated rings. The molecule has 1 atom stereocenters. The van der Waals surface area contributed by atoms with E-state index in [1.807, 2.05) is 18.2 Å². The molecular formula is C20H26N2O4S. The highest BCUT2D eigenvalue weighted by molar-refractivity contribution is 7.89. The maximum atomic E-state index is 12.6. The topological polar surface area (TPSA) is 67.9 Å². The van der Waals surface area contributed by atoms with Gasteiger partial charge in [-0.1, -0.05) is 24.3 Å². The Morgan fingerprint density at radius 1 is 1.00 bits per heavy atom. The summed E-state index contributed by atoms with van der Waals surface area (Å²) in [5.41, 5.74) is 1.00. The van der Waals surface area contributed by atoms with Gasteiger partial charge in [-0.25, -0.2) is 13.1 Å². The number of nitrogens with one attached hydrogen (secondary N) is 1. The summed E-state index contributed by atoms with van der Waals surface area (Å²) >= 11 is 0. The number of nitrogens with zero attached hydrogens (tertiary/aromatic N) is 1. The second-order valence-electron chi connectivity index (χ2n) is 6.54. The molecule has 3 rings (SSSR count). The first kappa shape index (κ1) is 19.7. The Labute approximate surface area is 161 Å². The maximum absolute atomic E-state index is 12.6. The largest absolute Gasteiger partial charge is 0.493 e. The minimum Gasteiger partial charge on any atom is -0.493 e. The number of hydrogen-bond donors (Lipinski definition) is 1. The average Bonchev–Trinajstić information content (AvgIpc) is 3.23. The van der Waals surface area contributed by atoms with Crippen LogP contribution in [0, 0.1) is 0 Å². The Bertz CT molecular complexity index is 850. The van der Waals surface area contributed by atoms with Crippen molar-refractivity contribution in [1.82, 2.24) is 9.62 Å². The summed E-state index contributed by atoms with van der Waals surface area (Å²) < 4.78 is 38.8. The minimum atomic E-state index is -3.55. The van der Waals surface area contributed by atoms with Crippen molar-refractivity contribution < 1.29 is 17.9 Å². The molecule has 0 amide bonds. The van der Waals surface area contributed by atoms with E-state index in [1.165, 1.54) is 0 Å². The molecule has 2 aromatic rings. The molecule has 1 aliphatic heterocycles. The van der Waals surface area contributed by atoms with E-state index in [4.69, 9.17) is 9.47 Å². The van der Waals surface area contributed by atoms with E-state index < -0.39 is 10.0 Å². The predicted octanol–water partition coefficient (Wildman–Crippen LogP) is 2.82. The Morgan fingerprint density at radius 3 is 2.30 bits per heavy atom. The van der Waals surface area contributed by atoms with Crippen LogP contribution in [0.25, 0.3) is 0 Å². The predicted molar refractivity (Wildman–Crippen MR) is 105 cm³/mol. The highest BCUT2D eigenvalue weighted by Gasteiger charge is 2.26. The normalized spacial score (nSPS) is 16.2. The molecule has 1 aliphatic rings. The Kier molecular flexibility index (Phi) is 6.36. The molecular weight excluding hydrogens is 364 g/mol. The number of rotatable bonds is 8. The number of likely N-dealkylation sites (tertiary alicyclic amines) is 1. The van der Waals surface area contributed by atoms with Gasteiger partial charge in [0.1, 0.15) is 0 Å². The van der Waals surface area contributed by atoms with Gasteiger partial charge in [0, 0.05) is 12.6 Å². The molecule has 1 unspecified atom stereocenters. The number of ether oxygens (including phenoxy) is 2. The molecule has 0 spiro atoms. The van der Waals surface area contributed by atoms with Crippen LogP contribution >= 0.6 is 0 Å². The molecule has 146 valence electrons. The maximum Gasteiger partial charge on any atom is 0.240 e. The van der Waals surface area contributed by atoms with Crippen molar-refractivity contribution in [2.75, 3.05) is 33.9 Å². The molecule has 0 aromatic heterocycles. The van der Waals surface area contributed by atoms with Gasteiger partial charge < -0.3 is 9.47 Å². The van der Waals surface area contributed by atoms with Crippen LogP contribution in [0.5, 0.6) is 11.5 Å². The van der Waals surface area contributed by atoms with E-state index in [-0.39, 0.29) is 10.9 Å². The summed E-state index contributed by atoms with van der Waals surface area (Å²) in [6.45, 7) is 2.20. The minimum absolute atomic E-state index is 0.0641. The van der Waals surface area contributed by atoms with Crippen LogP contribution < -0.4 is 14.2 Å². The van der Waals surface area contributed by atoms with Crippen LogP contribution in [0.4, 0.5) is 0 Å². The van der Waals surface area contributed by atoms with E-state index in [0.29, 0.717) is 18.0 Å². The van der Waals surface area contributed by atoms with E-state index in [2.05, 4.69) is 9.62 Å². The lowest BCUT2D eigenvalue weighted by Gasteiger charge is -2.28. The summed E-state index contributed by atoms with van der Waals surface area (Å²) in [6.07, 6.45) is 2.24. The van der Waals surface area contributed by atoms with Crippen LogP contribution in [0.2, 0.25) is 0 Å². The van der Waals surface area contributed by atoms with Gasteiger partial charge >= 0.3 is 0 Å². The molecule has 0 saturated carbocycles. The second-order valence-corrected chi connectivity index (χ2v) is 8.31. The highest BCUT2D eigenvalue weighted by Crippen LogP contribution is 2.33. The first-order chi connectivity index (χ1) is 13.0. The summed E-state index contributed by atoms with van der Waals surface area (Å²) in [4.78, 5) is 2.59. The van der Waals surface area contributed by atoms with Gasteiger partial charge in [0.05, 0.1) is 19.1 Å². The lowest BCUT2D eigenvalue weighted by molar-refractivity contribution is 0.245. The standard InChI is InChI=1S/C20H26N2O4S/c1-25-19-11-10-16(14-20(19)26-2)18(22-12-6-7-13-22)15-21-27(23,24)17-8-4-3-5-9-17/h3-5,8-11,14,18,21H,6-7,12-13,15H2,1-2H3. The quantitative estimate of drug-likeness (QED) is 0.751. The Morgan fingerprint density at radius 2 is 1.67 bits per heavy atom. The van der Waals surface area contributed by atoms with Gasteiger partial charge in [-0.2, -0.15) is 0 Å². The zero-order chi connectivity index (χ0) is 19.3. The first-order valence-electron chi connectivity index (χ1n) is 9.06. The molecule has 27 heavy (non-hydrogen) atoms. The zero-order valence-corrected chi connectivity index (χ0v) is 16.5. The van der Waals surface area contributed by atoms with Crippen LogP contribution in [-0.2, 0) is 10.0 Å². The second kappa shape index (κ2) is 8.73. The van der Waals surface area contributed by atoms with Crippen molar-refractivity contribution in [3.63, 3.8) is 0 Å². The first-order valence-corrected chi connectivity index (χ1v) is 10.5. The van der Waals surface area contributed by atoms with Crippen LogP contribution in [-0.4, -0.2) is 47.2 Å². The van der Waals surface area contributed by atoms with Gasteiger partial charge in [0.2, 0.25) is 10.0 Å². The third-order valence-corrected chi connectivity index (χ3v) is 6.33. The molecule has 0 radical (unpaired) electrons. The van der Waals surface area contributed by atoms with Crippen LogP contribution in [0.15, 0.2) is 53.4 Å². The third-order valence-electron chi connectivity index (χ3n) is 4.89. The fraction of sp³-hybridized carbons (Fsp3) is 0.400. The van der Waals surface area contributed by atoms with E-state index in [1.54, 1.807) is 44.6 Å². The van der Waals surface area contributed by atoms with Crippen LogP contribution in [0.1, 0.15) is 24.4 Å². The Hall–Kier alpha value is -2.09. The van der Waals surface area contributed by atoms with Gasteiger partial charge in [-0.15, -0.1) is 0 Å². The third kappa shape index (κ3) is 4.61.